The molecule has 0 radical (unpaired) electrons. The molecule has 2 rings (SSSR count). The zero-order chi connectivity index (χ0) is 12.3. The molecule has 0 amide bonds. The maximum Gasteiger partial charge on any atom is 0.0749 e. The molecule has 0 atom stereocenters. The van der Waals surface area contributed by atoms with E-state index in [-0.39, 0.29) is 0 Å². The first-order valence-electron chi connectivity index (χ1n) is 6.30. The number of nitrogens with zero attached hydrogens (tertiary/aromatic N) is 2. The molecular formula is C14H20N2S. The van der Waals surface area contributed by atoms with Crippen LogP contribution in [-0.2, 0) is 6.42 Å². The molecule has 0 bridgehead atoms. The lowest BCUT2D eigenvalue weighted by atomic mass is 10.1. The smallest absolute Gasteiger partial charge is 0.0749 e. The molecule has 0 aliphatic carbocycles. The van der Waals surface area contributed by atoms with Crippen molar-refractivity contribution in [3.63, 3.8) is 0 Å². The minimum absolute atomic E-state index is 1.02. The third-order valence-electron chi connectivity index (χ3n) is 3.41. The van der Waals surface area contributed by atoms with Crippen molar-refractivity contribution in [2.45, 2.75) is 20.3 Å². The molecule has 0 aromatic heterocycles. The van der Waals surface area contributed by atoms with Gasteiger partial charge in [-0.25, -0.2) is 0 Å². The molecule has 1 aliphatic rings. The Bertz CT molecular complexity index is 395. The molecule has 2 nitrogen and oxygen atoms in total. The number of hydrogen-bond donors (Lipinski definition) is 0. The highest BCUT2D eigenvalue weighted by Crippen LogP contribution is 2.18. The van der Waals surface area contributed by atoms with Crippen molar-refractivity contribution in [2.75, 3.05) is 31.1 Å². The summed E-state index contributed by atoms with van der Waals surface area (Å²) in [5.41, 5.74) is 2.77. The zero-order valence-corrected chi connectivity index (χ0v) is 11.5. The monoisotopic (exact) mass is 248 g/mol. The van der Waals surface area contributed by atoms with Gasteiger partial charge in [-0.15, -0.1) is 0 Å². The minimum atomic E-state index is 1.02. The Balaban J connectivity index is 2.02. The topological polar surface area (TPSA) is 6.48 Å². The third-order valence-corrected chi connectivity index (χ3v) is 3.67. The largest absolute Gasteiger partial charge is 0.368 e. The molecule has 1 aromatic rings. The number of aryl methyl sites for hydroxylation is 1. The molecule has 1 saturated heterocycles. The summed E-state index contributed by atoms with van der Waals surface area (Å²) in [5, 5.41) is 0. The molecule has 0 spiro atoms. The van der Waals surface area contributed by atoms with Crippen LogP contribution < -0.4 is 4.90 Å². The lowest BCUT2D eigenvalue weighted by Gasteiger charge is -2.37. The van der Waals surface area contributed by atoms with Crippen LogP contribution in [0.4, 0.5) is 5.69 Å². The van der Waals surface area contributed by atoms with Crippen molar-refractivity contribution in [1.29, 1.82) is 0 Å². The number of rotatable bonds is 2. The van der Waals surface area contributed by atoms with Gasteiger partial charge in [0.05, 0.1) is 4.99 Å². The molecule has 0 N–H and O–H groups in total. The van der Waals surface area contributed by atoms with Gasteiger partial charge >= 0.3 is 0 Å². The molecule has 17 heavy (non-hydrogen) atoms. The van der Waals surface area contributed by atoms with Gasteiger partial charge in [-0.05, 0) is 31.0 Å². The Labute approximate surface area is 109 Å². The third kappa shape index (κ3) is 2.97. The number of thiocarbonyl (C=S) groups is 1. The van der Waals surface area contributed by atoms with E-state index < -0.39 is 0 Å². The Hall–Kier alpha value is -1.09. The predicted molar refractivity (Wildman–Crippen MR) is 77.9 cm³/mol. The van der Waals surface area contributed by atoms with E-state index in [2.05, 4.69) is 41.0 Å². The van der Waals surface area contributed by atoms with Crippen molar-refractivity contribution in [3.8, 4) is 0 Å². The van der Waals surface area contributed by atoms with Crippen molar-refractivity contribution in [2.24, 2.45) is 0 Å². The van der Waals surface area contributed by atoms with Crippen LogP contribution in [-0.4, -0.2) is 36.1 Å². The van der Waals surface area contributed by atoms with E-state index in [1.165, 1.54) is 11.3 Å². The summed E-state index contributed by atoms with van der Waals surface area (Å²) in [4.78, 5) is 5.76. The van der Waals surface area contributed by atoms with Crippen LogP contribution in [0.3, 0.4) is 0 Å². The highest BCUT2D eigenvalue weighted by Gasteiger charge is 2.17. The first-order chi connectivity index (χ1) is 8.20. The Kier molecular flexibility index (Phi) is 4.00. The van der Waals surface area contributed by atoms with Crippen molar-refractivity contribution >= 4 is 22.9 Å². The van der Waals surface area contributed by atoms with Crippen LogP contribution in [0.25, 0.3) is 0 Å². The maximum absolute atomic E-state index is 5.22. The lowest BCUT2D eigenvalue weighted by molar-refractivity contribution is 0.390. The fraction of sp³-hybridized carbons (Fsp3) is 0.500. The Morgan fingerprint density at radius 2 is 1.94 bits per heavy atom. The molecule has 1 fully saturated rings. The van der Waals surface area contributed by atoms with Crippen LogP contribution >= 0.6 is 12.2 Å². The van der Waals surface area contributed by atoms with E-state index >= 15 is 0 Å². The fourth-order valence-corrected chi connectivity index (χ4v) is 2.44. The molecule has 1 aromatic carbocycles. The lowest BCUT2D eigenvalue weighted by Crippen LogP contribution is -2.47. The average Bonchev–Trinajstić information content (AvgIpc) is 2.39. The van der Waals surface area contributed by atoms with Crippen LogP contribution in [0.2, 0.25) is 0 Å². The molecule has 0 unspecified atom stereocenters. The zero-order valence-electron chi connectivity index (χ0n) is 10.6. The minimum Gasteiger partial charge on any atom is -0.368 e. The van der Waals surface area contributed by atoms with E-state index in [0.717, 1.165) is 37.6 Å². The van der Waals surface area contributed by atoms with Gasteiger partial charge in [-0.1, -0.05) is 31.3 Å². The standard InChI is InChI=1S/C14H20N2S/c1-3-13-5-4-6-14(11-13)16-9-7-15(8-10-16)12(2)17/h4-6,11H,3,7-10H2,1-2H3. The summed E-state index contributed by atoms with van der Waals surface area (Å²) < 4.78 is 0. The molecule has 1 heterocycles. The van der Waals surface area contributed by atoms with Crippen molar-refractivity contribution < 1.29 is 0 Å². The van der Waals surface area contributed by atoms with Crippen LogP contribution in [0, 0.1) is 0 Å². The highest BCUT2D eigenvalue weighted by atomic mass is 32.1. The maximum atomic E-state index is 5.22. The molecule has 1 aliphatic heterocycles. The fourth-order valence-electron chi connectivity index (χ4n) is 2.25. The number of anilines is 1. The molecular weight excluding hydrogens is 228 g/mol. The Morgan fingerprint density at radius 1 is 1.24 bits per heavy atom. The van der Waals surface area contributed by atoms with Gasteiger partial charge in [-0.2, -0.15) is 0 Å². The molecule has 3 heteroatoms. The summed E-state index contributed by atoms with van der Waals surface area (Å²) in [6.07, 6.45) is 1.10. The van der Waals surface area contributed by atoms with E-state index in [1.807, 2.05) is 6.92 Å². The van der Waals surface area contributed by atoms with E-state index in [4.69, 9.17) is 12.2 Å². The average molecular weight is 248 g/mol. The first-order valence-corrected chi connectivity index (χ1v) is 6.71. The highest BCUT2D eigenvalue weighted by molar-refractivity contribution is 7.80. The van der Waals surface area contributed by atoms with E-state index in [0.29, 0.717) is 0 Å². The second-order valence-electron chi connectivity index (χ2n) is 4.52. The van der Waals surface area contributed by atoms with Crippen molar-refractivity contribution in [3.05, 3.63) is 29.8 Å². The van der Waals surface area contributed by atoms with Gasteiger partial charge in [0.25, 0.3) is 0 Å². The van der Waals surface area contributed by atoms with Crippen molar-refractivity contribution in [1.82, 2.24) is 4.90 Å². The number of piperazine rings is 1. The predicted octanol–water partition coefficient (Wildman–Crippen LogP) is 2.72. The molecule has 92 valence electrons. The van der Waals surface area contributed by atoms with Gasteiger partial charge in [0.15, 0.2) is 0 Å². The SMILES string of the molecule is CCc1cccc(N2CCN(C(C)=S)CC2)c1. The number of benzene rings is 1. The van der Waals surface area contributed by atoms with Gasteiger partial charge < -0.3 is 9.80 Å². The van der Waals surface area contributed by atoms with E-state index in [1.54, 1.807) is 0 Å². The van der Waals surface area contributed by atoms with Gasteiger partial charge in [0.2, 0.25) is 0 Å². The summed E-state index contributed by atoms with van der Waals surface area (Å²) in [6, 6.07) is 8.87. The van der Waals surface area contributed by atoms with Gasteiger partial charge in [-0.3, -0.25) is 0 Å². The van der Waals surface area contributed by atoms with Gasteiger partial charge in [0.1, 0.15) is 0 Å². The Morgan fingerprint density at radius 3 is 2.53 bits per heavy atom. The van der Waals surface area contributed by atoms with Gasteiger partial charge in [0, 0.05) is 31.9 Å². The van der Waals surface area contributed by atoms with Crippen LogP contribution in [0.1, 0.15) is 19.4 Å². The molecule has 0 saturated carbocycles. The number of hydrogen-bond acceptors (Lipinski definition) is 2. The van der Waals surface area contributed by atoms with Crippen LogP contribution in [0.15, 0.2) is 24.3 Å². The summed E-state index contributed by atoms with van der Waals surface area (Å²) in [5.74, 6) is 0. The second-order valence-corrected chi connectivity index (χ2v) is 5.11. The van der Waals surface area contributed by atoms with E-state index in [9.17, 15) is 0 Å². The second kappa shape index (κ2) is 5.50. The quantitative estimate of drug-likeness (QED) is 0.743. The normalized spacial score (nSPS) is 16.1. The first kappa shape index (κ1) is 12.4. The summed E-state index contributed by atoms with van der Waals surface area (Å²) >= 11 is 5.22. The summed E-state index contributed by atoms with van der Waals surface area (Å²) in [6.45, 7) is 8.45. The van der Waals surface area contributed by atoms with Crippen LogP contribution in [0.5, 0.6) is 0 Å². The summed E-state index contributed by atoms with van der Waals surface area (Å²) in [7, 11) is 0.